The predicted molar refractivity (Wildman–Crippen MR) is 163 cm³/mol. The molecule has 1 amide bonds. The van der Waals surface area contributed by atoms with E-state index >= 15 is 0 Å². The van der Waals surface area contributed by atoms with E-state index in [1.807, 2.05) is 61.3 Å². The summed E-state index contributed by atoms with van der Waals surface area (Å²) in [6, 6.07) is 22.2. The number of carbonyl (C=O) groups is 1. The molecule has 0 radical (unpaired) electrons. The number of benzene rings is 4. The number of rotatable bonds is 10. The molecule has 248 valence electrons. The maximum Gasteiger partial charge on any atom is 0.261 e. The summed E-state index contributed by atoms with van der Waals surface area (Å²) < 4.78 is 81.6. The number of aliphatic hydroxyl groups excluding tert-OH is 2. The second-order valence-electron chi connectivity index (χ2n) is 11.4. The lowest BCUT2D eigenvalue weighted by molar-refractivity contribution is -0.253. The molecule has 4 aromatic rings. The molecule has 0 aromatic heterocycles. The standard InChI is InChI=1S/C35H33F5N2O5/c1-19(33(44)22-6-4-3-5-7-22)42(2)17-25-16-26(21-10-8-20(18-43)9-11-21)47-35(46-25)23-12-14-24(15-13-23)41-34(45)27-28(36)30(38)32(40)31(39)29(27)37/h3-15,19,25-26,33,35,43-44H,16-18H2,1-2H3,(H,41,45)/t19-,25-,26+,33-,35+/m1/s1. The number of halogens is 5. The lowest BCUT2D eigenvalue weighted by atomic mass is 9.98. The fourth-order valence-corrected chi connectivity index (χ4v) is 5.41. The van der Waals surface area contributed by atoms with Crippen LogP contribution in [-0.2, 0) is 16.1 Å². The van der Waals surface area contributed by atoms with Gasteiger partial charge in [0, 0.05) is 30.3 Å². The topological polar surface area (TPSA) is 91.3 Å². The van der Waals surface area contributed by atoms with Crippen molar-refractivity contribution in [1.29, 1.82) is 0 Å². The Labute approximate surface area is 268 Å². The number of carbonyl (C=O) groups excluding carboxylic acids is 1. The van der Waals surface area contributed by atoms with Crippen LogP contribution in [0.25, 0.3) is 0 Å². The summed E-state index contributed by atoms with van der Waals surface area (Å²) in [5.41, 5.74) is 1.33. The van der Waals surface area contributed by atoms with Crippen molar-refractivity contribution >= 4 is 11.6 Å². The van der Waals surface area contributed by atoms with Gasteiger partial charge in [0.15, 0.2) is 29.6 Å². The first kappa shape index (κ1) is 34.1. The number of ether oxygens (including phenoxy) is 2. The highest BCUT2D eigenvalue weighted by molar-refractivity contribution is 6.04. The molecule has 7 nitrogen and oxygen atoms in total. The number of hydrogen-bond acceptors (Lipinski definition) is 6. The van der Waals surface area contributed by atoms with Crippen molar-refractivity contribution in [3.63, 3.8) is 0 Å². The van der Waals surface area contributed by atoms with E-state index in [1.54, 1.807) is 24.3 Å². The van der Waals surface area contributed by atoms with Gasteiger partial charge in [0.1, 0.15) is 5.56 Å². The number of aliphatic hydroxyl groups is 2. The van der Waals surface area contributed by atoms with E-state index in [2.05, 4.69) is 5.32 Å². The zero-order chi connectivity index (χ0) is 33.8. The first-order valence-corrected chi connectivity index (χ1v) is 14.8. The summed E-state index contributed by atoms with van der Waals surface area (Å²) in [7, 11) is 1.89. The first-order valence-electron chi connectivity index (χ1n) is 14.8. The molecule has 0 spiro atoms. The molecule has 5 rings (SSSR count). The number of hydrogen-bond donors (Lipinski definition) is 3. The minimum Gasteiger partial charge on any atom is -0.392 e. The van der Waals surface area contributed by atoms with Crippen LogP contribution in [0.2, 0.25) is 0 Å². The molecule has 1 aliphatic rings. The maximum atomic E-state index is 14.1. The third kappa shape index (κ3) is 7.53. The molecule has 1 heterocycles. The molecular weight excluding hydrogens is 623 g/mol. The van der Waals surface area contributed by atoms with Crippen LogP contribution in [0.15, 0.2) is 78.9 Å². The number of likely N-dealkylation sites (N-methyl/N-ethyl adjacent to an activating group) is 1. The molecule has 1 aliphatic heterocycles. The van der Waals surface area contributed by atoms with Crippen molar-refractivity contribution in [2.45, 2.75) is 50.6 Å². The second-order valence-corrected chi connectivity index (χ2v) is 11.4. The lowest BCUT2D eigenvalue weighted by Gasteiger charge is -2.39. The summed E-state index contributed by atoms with van der Waals surface area (Å²) in [5, 5.41) is 22.6. The molecule has 4 aromatic carbocycles. The van der Waals surface area contributed by atoms with Gasteiger partial charge in [0.05, 0.1) is 24.9 Å². The fraction of sp³-hybridized carbons (Fsp3) is 0.286. The summed E-state index contributed by atoms with van der Waals surface area (Å²) in [5.74, 6) is -12.8. The van der Waals surface area contributed by atoms with E-state index in [-0.39, 0.29) is 24.4 Å². The summed E-state index contributed by atoms with van der Waals surface area (Å²) >= 11 is 0. The van der Waals surface area contributed by atoms with Gasteiger partial charge in [0.2, 0.25) is 5.82 Å². The third-order valence-electron chi connectivity index (χ3n) is 8.28. The average molecular weight is 657 g/mol. The highest BCUT2D eigenvalue weighted by atomic mass is 19.2. The minimum atomic E-state index is -2.36. The Kier molecular flexibility index (Phi) is 10.7. The Morgan fingerprint density at radius 2 is 1.43 bits per heavy atom. The second kappa shape index (κ2) is 14.7. The van der Waals surface area contributed by atoms with E-state index < -0.39 is 59.1 Å². The van der Waals surface area contributed by atoms with E-state index in [1.165, 1.54) is 12.1 Å². The molecule has 3 N–H and O–H groups in total. The molecule has 12 heteroatoms. The van der Waals surface area contributed by atoms with E-state index in [0.717, 1.165) is 16.7 Å². The molecular formula is C35H33F5N2O5. The summed E-state index contributed by atoms with van der Waals surface area (Å²) in [6.45, 7) is 2.24. The van der Waals surface area contributed by atoms with Gasteiger partial charge in [-0.25, -0.2) is 22.0 Å². The van der Waals surface area contributed by atoms with Gasteiger partial charge in [-0.1, -0.05) is 66.7 Å². The molecule has 1 saturated heterocycles. The van der Waals surface area contributed by atoms with Crippen LogP contribution >= 0.6 is 0 Å². The molecule has 0 saturated carbocycles. The molecule has 1 fully saturated rings. The molecule has 0 aliphatic carbocycles. The number of amides is 1. The highest BCUT2D eigenvalue weighted by Crippen LogP contribution is 2.39. The zero-order valence-electron chi connectivity index (χ0n) is 25.5. The van der Waals surface area contributed by atoms with Crippen LogP contribution in [0.1, 0.15) is 64.5 Å². The minimum absolute atomic E-state index is 0.0228. The van der Waals surface area contributed by atoms with Crippen LogP contribution in [0.3, 0.4) is 0 Å². The summed E-state index contributed by atoms with van der Waals surface area (Å²) in [6.07, 6.45) is -1.93. The fourth-order valence-electron chi connectivity index (χ4n) is 5.41. The highest BCUT2D eigenvalue weighted by Gasteiger charge is 2.34. The van der Waals surface area contributed by atoms with Crippen molar-refractivity contribution in [2.24, 2.45) is 0 Å². The van der Waals surface area contributed by atoms with Crippen molar-refractivity contribution < 1.29 is 46.4 Å². The van der Waals surface area contributed by atoms with Crippen molar-refractivity contribution in [2.75, 3.05) is 18.9 Å². The first-order chi connectivity index (χ1) is 22.5. The van der Waals surface area contributed by atoms with Crippen molar-refractivity contribution in [3.8, 4) is 0 Å². The Hall–Kier alpha value is -4.20. The molecule has 5 atom stereocenters. The number of anilines is 1. The van der Waals surface area contributed by atoms with Crippen LogP contribution in [0.4, 0.5) is 27.6 Å². The Bertz CT molecular complexity index is 1660. The van der Waals surface area contributed by atoms with E-state index in [0.29, 0.717) is 18.5 Å². The van der Waals surface area contributed by atoms with Gasteiger partial charge in [-0.05, 0) is 42.8 Å². The largest absolute Gasteiger partial charge is 0.392 e. The zero-order valence-corrected chi connectivity index (χ0v) is 25.5. The summed E-state index contributed by atoms with van der Waals surface area (Å²) in [4.78, 5) is 14.5. The molecule has 0 bridgehead atoms. The monoisotopic (exact) mass is 656 g/mol. The Morgan fingerprint density at radius 1 is 0.851 bits per heavy atom. The number of nitrogens with one attached hydrogen (secondary N) is 1. The Morgan fingerprint density at radius 3 is 2.02 bits per heavy atom. The van der Waals surface area contributed by atoms with Gasteiger partial charge in [-0.3, -0.25) is 9.69 Å². The molecule has 47 heavy (non-hydrogen) atoms. The predicted octanol–water partition coefficient (Wildman–Crippen LogP) is 6.73. The SMILES string of the molecule is C[C@H]([C@@H](O)c1ccccc1)N(C)C[C@H]1C[C@@H](c2ccc(CO)cc2)O[C@@H](c2ccc(NC(=O)c3c(F)c(F)c(F)c(F)c3F)cc2)O1. The van der Waals surface area contributed by atoms with Crippen LogP contribution in [-0.4, -0.2) is 46.8 Å². The van der Waals surface area contributed by atoms with E-state index in [4.69, 9.17) is 9.47 Å². The van der Waals surface area contributed by atoms with Gasteiger partial charge >= 0.3 is 0 Å². The Balaban J connectivity index is 1.34. The van der Waals surface area contributed by atoms with Crippen molar-refractivity contribution in [3.05, 3.63) is 136 Å². The van der Waals surface area contributed by atoms with Gasteiger partial charge in [-0.15, -0.1) is 0 Å². The van der Waals surface area contributed by atoms with Crippen LogP contribution < -0.4 is 5.32 Å². The smallest absolute Gasteiger partial charge is 0.261 e. The van der Waals surface area contributed by atoms with Gasteiger partial charge < -0.3 is 25.0 Å². The maximum absolute atomic E-state index is 14.1. The van der Waals surface area contributed by atoms with Crippen LogP contribution in [0, 0.1) is 29.1 Å². The van der Waals surface area contributed by atoms with Gasteiger partial charge in [-0.2, -0.15) is 0 Å². The number of nitrogens with zero attached hydrogens (tertiary/aromatic N) is 1. The molecule has 0 unspecified atom stereocenters. The average Bonchev–Trinajstić information content (AvgIpc) is 3.09. The third-order valence-corrected chi connectivity index (χ3v) is 8.28. The van der Waals surface area contributed by atoms with Gasteiger partial charge in [0.25, 0.3) is 5.91 Å². The lowest BCUT2D eigenvalue weighted by Crippen LogP contribution is -2.43. The van der Waals surface area contributed by atoms with Crippen LogP contribution in [0.5, 0.6) is 0 Å². The van der Waals surface area contributed by atoms with Crippen molar-refractivity contribution in [1.82, 2.24) is 4.90 Å². The quantitative estimate of drug-likeness (QED) is 0.0998. The normalized spacial score (nSPS) is 19.4. The van der Waals surface area contributed by atoms with E-state index in [9.17, 15) is 37.0 Å².